The Bertz CT molecular complexity index is 546. The molecule has 0 aromatic heterocycles. The van der Waals surface area contributed by atoms with Crippen LogP contribution in [-0.2, 0) is 17.7 Å². The van der Waals surface area contributed by atoms with Crippen LogP contribution in [0.3, 0.4) is 0 Å². The van der Waals surface area contributed by atoms with Crippen LogP contribution in [-0.4, -0.2) is 55.4 Å². The van der Waals surface area contributed by atoms with E-state index in [4.69, 9.17) is 17.7 Å². The number of fused-ring (bicyclic) bond motifs is 2. The molecule has 0 amide bonds. The number of hydrogen-bond donors (Lipinski definition) is 1. The van der Waals surface area contributed by atoms with Crippen LogP contribution in [0.5, 0.6) is 0 Å². The minimum atomic E-state index is -2.66. The number of ether oxygens (including phenoxy) is 2. The molecule has 8 atom stereocenters. The van der Waals surface area contributed by atoms with Crippen molar-refractivity contribution in [2.75, 3.05) is 0 Å². The second-order valence-electron chi connectivity index (χ2n) is 10.5. The Morgan fingerprint density at radius 2 is 1.46 bits per heavy atom. The fourth-order valence-electron chi connectivity index (χ4n) is 5.59. The van der Waals surface area contributed by atoms with Crippen LogP contribution in [0.2, 0.25) is 38.3 Å². The second-order valence-corrected chi connectivity index (χ2v) is 20.1. The number of rotatable bonds is 10. The fraction of sp³-hybridized carbons (Fsp3) is 1.00. The SMILES string of the molecule is C[SiH](CCC1CCC2OC2C1)O[Si](C)(C)O[Si](C)(O)CCC1CCC2OC2C1. The van der Waals surface area contributed by atoms with Crippen molar-refractivity contribution < 1.29 is 22.5 Å². The smallest absolute Gasteiger partial charge is 0.323 e. The maximum absolute atomic E-state index is 11.0. The van der Waals surface area contributed by atoms with Gasteiger partial charge in [-0.25, -0.2) is 0 Å². The third kappa shape index (κ3) is 6.23. The highest BCUT2D eigenvalue weighted by atomic mass is 28.5. The molecule has 162 valence electrons. The molecule has 1 N–H and O–H groups in total. The number of epoxide rings is 2. The zero-order valence-corrected chi connectivity index (χ0v) is 21.3. The summed E-state index contributed by atoms with van der Waals surface area (Å²) in [6.45, 7) is 8.53. The maximum atomic E-state index is 11.0. The van der Waals surface area contributed by atoms with E-state index in [9.17, 15) is 4.80 Å². The van der Waals surface area contributed by atoms with E-state index in [1.165, 1.54) is 51.0 Å². The molecule has 2 saturated heterocycles. The van der Waals surface area contributed by atoms with Crippen LogP contribution in [0, 0.1) is 11.8 Å². The summed E-state index contributed by atoms with van der Waals surface area (Å²) < 4.78 is 24.1. The lowest BCUT2D eigenvalue weighted by molar-refractivity contribution is 0.305. The van der Waals surface area contributed by atoms with E-state index in [0.717, 1.165) is 18.4 Å². The Morgan fingerprint density at radius 1 is 0.893 bits per heavy atom. The van der Waals surface area contributed by atoms with E-state index in [2.05, 4.69) is 19.6 Å². The molecule has 2 aliphatic heterocycles. The Labute approximate surface area is 174 Å². The van der Waals surface area contributed by atoms with Crippen LogP contribution in [0.1, 0.15) is 51.4 Å². The monoisotopic (exact) mass is 444 g/mol. The quantitative estimate of drug-likeness (QED) is 0.407. The molecule has 2 aliphatic carbocycles. The van der Waals surface area contributed by atoms with Gasteiger partial charge in [0.05, 0.1) is 24.4 Å². The maximum Gasteiger partial charge on any atom is 0.323 e. The third-order valence-electron chi connectivity index (χ3n) is 7.17. The lowest BCUT2D eigenvalue weighted by atomic mass is 9.88. The van der Waals surface area contributed by atoms with Crippen molar-refractivity contribution in [2.24, 2.45) is 11.8 Å². The van der Waals surface area contributed by atoms with Gasteiger partial charge in [-0.2, -0.15) is 0 Å². The fourth-order valence-corrected chi connectivity index (χ4v) is 17.1. The van der Waals surface area contributed by atoms with E-state index in [1.807, 2.05) is 6.55 Å². The van der Waals surface area contributed by atoms with Crippen molar-refractivity contribution in [3.63, 3.8) is 0 Å². The first-order chi connectivity index (χ1) is 13.2. The lowest BCUT2D eigenvalue weighted by Gasteiger charge is -2.34. The molecule has 4 rings (SSSR count). The predicted octanol–water partition coefficient (Wildman–Crippen LogP) is 4.05. The highest BCUT2D eigenvalue weighted by Gasteiger charge is 2.45. The van der Waals surface area contributed by atoms with Gasteiger partial charge in [0.15, 0.2) is 9.04 Å². The number of hydrogen-bond acceptors (Lipinski definition) is 5. The summed E-state index contributed by atoms with van der Waals surface area (Å²) >= 11 is 0. The molecule has 5 nitrogen and oxygen atoms in total. The van der Waals surface area contributed by atoms with Crippen molar-refractivity contribution in [3.8, 4) is 0 Å². The highest BCUT2D eigenvalue weighted by Crippen LogP contribution is 2.42. The van der Waals surface area contributed by atoms with Gasteiger partial charge in [0.1, 0.15) is 0 Å². The van der Waals surface area contributed by atoms with Crippen molar-refractivity contribution in [1.82, 2.24) is 0 Å². The Balaban J connectivity index is 1.15. The van der Waals surface area contributed by atoms with Crippen LogP contribution >= 0.6 is 0 Å². The van der Waals surface area contributed by atoms with E-state index >= 15 is 0 Å². The normalized spacial score (nSPS) is 40.2. The largest absolute Gasteiger partial charge is 0.439 e. The summed E-state index contributed by atoms with van der Waals surface area (Å²) in [5.74, 6) is 1.53. The zero-order valence-electron chi connectivity index (χ0n) is 18.2. The molecule has 2 heterocycles. The highest BCUT2D eigenvalue weighted by molar-refractivity contribution is 6.82. The van der Waals surface area contributed by atoms with Crippen molar-refractivity contribution in [2.45, 2.75) is 114 Å². The average Bonchev–Trinajstić information content (AvgIpc) is 3.49. The van der Waals surface area contributed by atoms with E-state index < -0.39 is 26.2 Å². The lowest BCUT2D eigenvalue weighted by Crippen LogP contribution is -2.50. The zero-order chi connectivity index (χ0) is 19.9. The summed E-state index contributed by atoms with van der Waals surface area (Å²) in [6, 6.07) is 2.05. The molecule has 0 bridgehead atoms. The topological polar surface area (TPSA) is 63.8 Å². The molecule has 4 fully saturated rings. The molecule has 8 heteroatoms. The molecule has 0 aromatic carbocycles. The minimum Gasteiger partial charge on any atom is -0.439 e. The first-order valence-corrected chi connectivity index (χ1v) is 19.4. The van der Waals surface area contributed by atoms with Gasteiger partial charge in [-0.1, -0.05) is 6.42 Å². The van der Waals surface area contributed by atoms with Gasteiger partial charge in [0, 0.05) is 0 Å². The molecule has 0 radical (unpaired) electrons. The van der Waals surface area contributed by atoms with Gasteiger partial charge in [-0.15, -0.1) is 0 Å². The molecule has 4 aliphatic rings. The van der Waals surface area contributed by atoms with Gasteiger partial charge in [0.25, 0.3) is 0 Å². The standard InChI is InChI=1S/C20H40O5Si3/c1-26(11-9-15-5-7-17-19(13-15)22-17)24-27(2,3)25-28(4,21)12-10-16-6-8-18-20(14-16)23-18/h15-21,26H,5-14H2,1-4H3. The van der Waals surface area contributed by atoms with Crippen molar-refractivity contribution in [1.29, 1.82) is 0 Å². The van der Waals surface area contributed by atoms with Crippen molar-refractivity contribution >= 4 is 26.2 Å². The van der Waals surface area contributed by atoms with Crippen LogP contribution < -0.4 is 0 Å². The first-order valence-electron chi connectivity index (χ1n) is 11.6. The van der Waals surface area contributed by atoms with Crippen LogP contribution in [0.15, 0.2) is 0 Å². The van der Waals surface area contributed by atoms with Gasteiger partial charge in [-0.05, 0) is 95.1 Å². The molecule has 0 spiro atoms. The third-order valence-corrected chi connectivity index (χ3v) is 17.1. The molecule has 28 heavy (non-hydrogen) atoms. The molecule has 2 saturated carbocycles. The van der Waals surface area contributed by atoms with E-state index in [0.29, 0.717) is 30.3 Å². The van der Waals surface area contributed by atoms with Gasteiger partial charge >= 0.3 is 17.1 Å². The molecule has 8 unspecified atom stereocenters. The molecular weight excluding hydrogens is 404 g/mol. The predicted molar refractivity (Wildman–Crippen MR) is 117 cm³/mol. The summed E-state index contributed by atoms with van der Waals surface area (Å²) in [5, 5.41) is 0. The van der Waals surface area contributed by atoms with E-state index in [-0.39, 0.29) is 0 Å². The Hall–Kier alpha value is 0.451. The van der Waals surface area contributed by atoms with Gasteiger partial charge < -0.3 is 22.5 Å². The van der Waals surface area contributed by atoms with Gasteiger partial charge in [0.2, 0.25) is 0 Å². The second kappa shape index (κ2) is 8.53. The molecule has 0 aromatic rings. The summed E-state index contributed by atoms with van der Waals surface area (Å²) in [7, 11) is -6.17. The van der Waals surface area contributed by atoms with Crippen LogP contribution in [0.4, 0.5) is 0 Å². The van der Waals surface area contributed by atoms with Gasteiger partial charge in [-0.3, -0.25) is 0 Å². The summed E-state index contributed by atoms with van der Waals surface area (Å²) in [5.41, 5.74) is 0. The first kappa shape index (κ1) is 21.7. The van der Waals surface area contributed by atoms with E-state index in [1.54, 1.807) is 0 Å². The Morgan fingerprint density at radius 3 is 2.04 bits per heavy atom. The minimum absolute atomic E-state index is 0.522. The summed E-state index contributed by atoms with van der Waals surface area (Å²) in [6.07, 6.45) is 12.1. The Kier molecular flexibility index (Phi) is 6.60. The molecular formula is C20H40O5Si3. The van der Waals surface area contributed by atoms with Crippen LogP contribution in [0.25, 0.3) is 0 Å². The van der Waals surface area contributed by atoms with Crippen molar-refractivity contribution in [3.05, 3.63) is 0 Å². The average molecular weight is 445 g/mol. The summed E-state index contributed by atoms with van der Waals surface area (Å²) in [4.78, 5) is 11.0.